The van der Waals surface area contributed by atoms with Crippen molar-refractivity contribution in [3.05, 3.63) is 30.3 Å². The number of benzene rings is 1. The molecule has 1 aromatic rings. The van der Waals surface area contributed by atoms with Gasteiger partial charge in [-0.25, -0.2) is 0 Å². The summed E-state index contributed by atoms with van der Waals surface area (Å²) < 4.78 is 38.0. The molecule has 1 fully saturated rings. The summed E-state index contributed by atoms with van der Waals surface area (Å²) in [7, 11) is -0.624. The van der Waals surface area contributed by atoms with E-state index in [1.54, 1.807) is 0 Å². The van der Waals surface area contributed by atoms with Crippen LogP contribution in [0.2, 0.25) is 0 Å². The van der Waals surface area contributed by atoms with Crippen molar-refractivity contribution >= 4 is 16.1 Å². The average molecular weight is 371 g/mol. The second-order valence-electron chi connectivity index (χ2n) is 5.85. The van der Waals surface area contributed by atoms with E-state index in [2.05, 4.69) is 5.32 Å². The Morgan fingerprint density at radius 1 is 1.36 bits per heavy atom. The molecule has 9 heteroatoms. The number of hydrogen-bond donors (Lipinski definition) is 1. The van der Waals surface area contributed by atoms with Crippen LogP contribution in [0.25, 0.3) is 0 Å². The third-order valence-electron chi connectivity index (χ3n) is 3.79. The number of morpholine rings is 1. The molecule has 25 heavy (non-hydrogen) atoms. The summed E-state index contributed by atoms with van der Waals surface area (Å²) in [5.74, 6) is 0.506. The predicted octanol–water partition coefficient (Wildman–Crippen LogP) is 0.0789. The van der Waals surface area contributed by atoms with Crippen LogP contribution in [-0.4, -0.2) is 76.0 Å². The minimum absolute atomic E-state index is 0.0540. The maximum atomic E-state index is 12.3. The zero-order chi connectivity index (χ0) is 18.3. The minimum atomic E-state index is -3.57. The number of carbonyl (C=O) groups excluding carboxylic acids is 1. The number of amides is 1. The maximum Gasteiger partial charge on any atom is 0.281 e. The highest BCUT2D eigenvalue weighted by atomic mass is 32.2. The highest BCUT2D eigenvalue weighted by Crippen LogP contribution is 2.17. The van der Waals surface area contributed by atoms with Gasteiger partial charge in [0.2, 0.25) is 5.91 Å². The van der Waals surface area contributed by atoms with Crippen LogP contribution in [0.4, 0.5) is 0 Å². The van der Waals surface area contributed by atoms with Crippen LogP contribution < -0.4 is 10.1 Å². The minimum Gasteiger partial charge on any atom is -0.492 e. The van der Waals surface area contributed by atoms with Gasteiger partial charge in [-0.3, -0.25) is 4.79 Å². The van der Waals surface area contributed by atoms with E-state index in [9.17, 15) is 13.2 Å². The molecule has 0 bridgehead atoms. The summed E-state index contributed by atoms with van der Waals surface area (Å²) >= 11 is 0. The van der Waals surface area contributed by atoms with Gasteiger partial charge in [-0.05, 0) is 12.1 Å². The van der Waals surface area contributed by atoms with Gasteiger partial charge in [0.25, 0.3) is 10.2 Å². The first-order chi connectivity index (χ1) is 11.9. The Labute approximate surface area is 148 Å². The molecule has 1 saturated heterocycles. The van der Waals surface area contributed by atoms with E-state index in [-0.39, 0.29) is 25.5 Å². The Balaban J connectivity index is 1.79. The van der Waals surface area contributed by atoms with E-state index in [0.717, 1.165) is 10.1 Å². The molecular weight excluding hydrogens is 346 g/mol. The highest BCUT2D eigenvalue weighted by molar-refractivity contribution is 7.86. The fourth-order valence-corrected chi connectivity index (χ4v) is 3.71. The van der Waals surface area contributed by atoms with Gasteiger partial charge in [0.1, 0.15) is 12.4 Å². The zero-order valence-electron chi connectivity index (χ0n) is 14.6. The average Bonchev–Trinajstić information content (AvgIpc) is 2.60. The summed E-state index contributed by atoms with van der Waals surface area (Å²) in [6.45, 7) is 1.48. The summed E-state index contributed by atoms with van der Waals surface area (Å²) in [6.07, 6.45) is 0.0540. The molecule has 1 aromatic carbocycles. The van der Waals surface area contributed by atoms with Crippen LogP contribution in [0.1, 0.15) is 6.42 Å². The van der Waals surface area contributed by atoms with Gasteiger partial charge >= 0.3 is 0 Å². The molecule has 1 N–H and O–H groups in total. The number of rotatable bonds is 8. The molecule has 0 unspecified atom stereocenters. The van der Waals surface area contributed by atoms with Crippen LogP contribution in [0.5, 0.6) is 5.75 Å². The van der Waals surface area contributed by atoms with E-state index in [1.807, 2.05) is 30.3 Å². The lowest BCUT2D eigenvalue weighted by atomic mass is 10.2. The number of nitrogens with zero attached hydrogens (tertiary/aromatic N) is 2. The van der Waals surface area contributed by atoms with E-state index in [1.165, 1.54) is 18.4 Å². The van der Waals surface area contributed by atoms with Crippen LogP contribution in [0.3, 0.4) is 0 Å². The van der Waals surface area contributed by atoms with Crippen LogP contribution in [0.15, 0.2) is 30.3 Å². The fraction of sp³-hybridized carbons (Fsp3) is 0.562. The van der Waals surface area contributed by atoms with E-state index < -0.39 is 16.3 Å². The van der Waals surface area contributed by atoms with Gasteiger partial charge in [-0.15, -0.1) is 0 Å². The molecule has 1 aliphatic heterocycles. The van der Waals surface area contributed by atoms with E-state index in [0.29, 0.717) is 19.8 Å². The Morgan fingerprint density at radius 3 is 2.76 bits per heavy atom. The topological polar surface area (TPSA) is 88.2 Å². The van der Waals surface area contributed by atoms with Crippen molar-refractivity contribution in [3.8, 4) is 5.75 Å². The van der Waals surface area contributed by atoms with Crippen LogP contribution >= 0.6 is 0 Å². The number of carbonyl (C=O) groups is 1. The number of para-hydroxylation sites is 1. The van der Waals surface area contributed by atoms with Crippen LogP contribution in [-0.2, 0) is 19.7 Å². The van der Waals surface area contributed by atoms with Gasteiger partial charge in [0, 0.05) is 27.1 Å². The van der Waals surface area contributed by atoms with Gasteiger partial charge in [0.05, 0.1) is 25.8 Å². The summed E-state index contributed by atoms with van der Waals surface area (Å²) in [6, 6.07) is 8.81. The number of hydrogen-bond acceptors (Lipinski definition) is 5. The normalized spacial score (nSPS) is 18.9. The van der Waals surface area contributed by atoms with E-state index in [4.69, 9.17) is 9.47 Å². The first-order valence-corrected chi connectivity index (χ1v) is 9.52. The second kappa shape index (κ2) is 9.14. The van der Waals surface area contributed by atoms with Crippen molar-refractivity contribution in [1.82, 2.24) is 13.9 Å². The van der Waals surface area contributed by atoms with Gasteiger partial charge in [0.15, 0.2) is 0 Å². The van der Waals surface area contributed by atoms with Crippen molar-refractivity contribution in [1.29, 1.82) is 0 Å². The molecule has 1 amide bonds. The molecule has 0 aromatic heterocycles. The van der Waals surface area contributed by atoms with Crippen molar-refractivity contribution in [2.24, 2.45) is 0 Å². The Hall–Kier alpha value is -1.68. The predicted molar refractivity (Wildman–Crippen MR) is 93.5 cm³/mol. The summed E-state index contributed by atoms with van der Waals surface area (Å²) in [5.41, 5.74) is 0. The van der Waals surface area contributed by atoms with Gasteiger partial charge < -0.3 is 14.8 Å². The third-order valence-corrected chi connectivity index (χ3v) is 5.78. The molecular formula is C16H25N3O5S. The lowest BCUT2D eigenvalue weighted by Crippen LogP contribution is -2.53. The van der Waals surface area contributed by atoms with Crippen molar-refractivity contribution in [3.63, 3.8) is 0 Å². The molecule has 140 valence electrons. The molecule has 8 nitrogen and oxygen atoms in total. The van der Waals surface area contributed by atoms with Crippen molar-refractivity contribution in [2.75, 3.05) is 47.0 Å². The first-order valence-electron chi connectivity index (χ1n) is 8.13. The van der Waals surface area contributed by atoms with E-state index >= 15 is 0 Å². The fourth-order valence-electron chi connectivity index (χ4n) is 2.48. The maximum absolute atomic E-state index is 12.3. The molecule has 1 heterocycles. The third kappa shape index (κ3) is 5.67. The molecule has 1 aliphatic rings. The van der Waals surface area contributed by atoms with Gasteiger partial charge in [-0.2, -0.15) is 17.0 Å². The van der Waals surface area contributed by atoms with Crippen molar-refractivity contribution < 1.29 is 22.7 Å². The van der Waals surface area contributed by atoms with Crippen molar-refractivity contribution in [2.45, 2.75) is 12.5 Å². The molecule has 0 spiro atoms. The molecule has 2 rings (SSSR count). The first kappa shape index (κ1) is 19.6. The molecule has 1 atom stereocenters. The monoisotopic (exact) mass is 371 g/mol. The lowest BCUT2D eigenvalue weighted by Gasteiger charge is -2.35. The largest absolute Gasteiger partial charge is 0.492 e. The molecule has 0 aliphatic carbocycles. The molecule has 0 saturated carbocycles. The smallest absolute Gasteiger partial charge is 0.281 e. The van der Waals surface area contributed by atoms with Crippen LogP contribution in [0, 0.1) is 0 Å². The standard InChI is InChI=1S/C16H25N3O5S/c1-18(2)25(21,22)19-9-11-23-13-14(19)12-16(20)17-8-10-24-15-6-4-3-5-7-15/h3-7,14H,8-13H2,1-2H3,(H,17,20)/t14-/m0/s1. The molecule has 0 radical (unpaired) electrons. The Morgan fingerprint density at radius 2 is 2.08 bits per heavy atom. The number of ether oxygens (including phenoxy) is 2. The Kier molecular flexibility index (Phi) is 7.18. The quantitative estimate of drug-likeness (QED) is 0.654. The second-order valence-corrected chi connectivity index (χ2v) is 7.94. The summed E-state index contributed by atoms with van der Waals surface area (Å²) in [5, 5.41) is 2.75. The zero-order valence-corrected chi connectivity index (χ0v) is 15.4. The van der Waals surface area contributed by atoms with Gasteiger partial charge in [-0.1, -0.05) is 18.2 Å². The Bertz CT molecular complexity index is 651. The number of nitrogens with one attached hydrogen (secondary N) is 1. The lowest BCUT2D eigenvalue weighted by molar-refractivity contribution is -0.123. The SMILES string of the molecule is CN(C)S(=O)(=O)N1CCOC[C@@H]1CC(=O)NCCOc1ccccc1. The highest BCUT2D eigenvalue weighted by Gasteiger charge is 2.35. The summed E-state index contributed by atoms with van der Waals surface area (Å²) in [4.78, 5) is 12.1.